The van der Waals surface area contributed by atoms with Gasteiger partial charge in [-0.15, -0.1) is 0 Å². The van der Waals surface area contributed by atoms with E-state index in [-0.39, 0.29) is 0 Å². The topological polar surface area (TPSA) is 12.0 Å². The fourth-order valence-corrected chi connectivity index (χ4v) is 1.58. The Balaban J connectivity index is 3.53. The monoisotopic (exact) mass is 197 g/mol. The molecule has 84 valence electrons. The van der Waals surface area contributed by atoms with Crippen LogP contribution in [0, 0.1) is 5.92 Å². The van der Waals surface area contributed by atoms with E-state index in [1.54, 1.807) is 0 Å². The van der Waals surface area contributed by atoms with Crippen LogP contribution in [-0.4, -0.2) is 13.1 Å². The molecule has 0 heterocycles. The molecule has 0 radical (unpaired) electrons. The Morgan fingerprint density at radius 3 is 2.50 bits per heavy atom. The molecule has 0 saturated heterocycles. The van der Waals surface area contributed by atoms with Crippen molar-refractivity contribution >= 4 is 0 Å². The summed E-state index contributed by atoms with van der Waals surface area (Å²) in [6, 6.07) is 0. The molecular formula is C13H27N. The van der Waals surface area contributed by atoms with Gasteiger partial charge in [-0.05, 0) is 52.1 Å². The van der Waals surface area contributed by atoms with Gasteiger partial charge in [-0.25, -0.2) is 0 Å². The Hall–Kier alpha value is -0.300. The van der Waals surface area contributed by atoms with Gasteiger partial charge in [0.25, 0.3) is 0 Å². The predicted molar refractivity (Wildman–Crippen MR) is 65.6 cm³/mol. The minimum absolute atomic E-state index is 0.892. The summed E-state index contributed by atoms with van der Waals surface area (Å²) < 4.78 is 0. The summed E-state index contributed by atoms with van der Waals surface area (Å²) in [6.07, 6.45) is 7.65. The molecule has 0 fully saturated rings. The predicted octanol–water partition coefficient (Wildman–Crippen LogP) is 3.76. The van der Waals surface area contributed by atoms with Crippen molar-refractivity contribution in [2.75, 3.05) is 13.1 Å². The maximum absolute atomic E-state index is 3.38. The van der Waals surface area contributed by atoms with Crippen LogP contribution in [0.1, 0.15) is 53.4 Å². The highest BCUT2D eigenvalue weighted by Crippen LogP contribution is 2.16. The maximum Gasteiger partial charge on any atom is -0.00489 e. The number of rotatable bonds is 8. The SMILES string of the molecule is CCNCCCC(CC)CC=C(C)C. The summed E-state index contributed by atoms with van der Waals surface area (Å²) in [5, 5.41) is 3.38. The van der Waals surface area contributed by atoms with E-state index in [2.05, 4.69) is 39.1 Å². The van der Waals surface area contributed by atoms with Crippen LogP contribution < -0.4 is 5.32 Å². The molecule has 0 spiro atoms. The van der Waals surface area contributed by atoms with Crippen molar-refractivity contribution in [2.24, 2.45) is 5.92 Å². The first-order chi connectivity index (χ1) is 6.70. The van der Waals surface area contributed by atoms with Crippen molar-refractivity contribution < 1.29 is 0 Å². The third-order valence-corrected chi connectivity index (χ3v) is 2.65. The quantitative estimate of drug-likeness (QED) is 0.461. The molecule has 0 aliphatic heterocycles. The van der Waals surface area contributed by atoms with Gasteiger partial charge < -0.3 is 5.32 Å². The lowest BCUT2D eigenvalue weighted by Crippen LogP contribution is -2.15. The molecule has 1 N–H and O–H groups in total. The lowest BCUT2D eigenvalue weighted by Gasteiger charge is -2.12. The largest absolute Gasteiger partial charge is 0.317 e. The summed E-state index contributed by atoms with van der Waals surface area (Å²) in [7, 11) is 0. The molecule has 1 nitrogen and oxygen atoms in total. The summed E-state index contributed by atoms with van der Waals surface area (Å²) in [5.41, 5.74) is 1.45. The van der Waals surface area contributed by atoms with Gasteiger partial charge in [0.05, 0.1) is 0 Å². The third kappa shape index (κ3) is 8.31. The molecule has 0 aromatic carbocycles. The number of allylic oxidation sites excluding steroid dienone is 2. The van der Waals surface area contributed by atoms with E-state index in [0.717, 1.165) is 12.5 Å². The molecular weight excluding hydrogens is 170 g/mol. The molecule has 0 bridgehead atoms. The van der Waals surface area contributed by atoms with E-state index in [1.807, 2.05) is 0 Å². The van der Waals surface area contributed by atoms with Crippen molar-refractivity contribution in [3.8, 4) is 0 Å². The zero-order chi connectivity index (χ0) is 10.8. The molecule has 14 heavy (non-hydrogen) atoms. The smallest absolute Gasteiger partial charge is 0.00489 e. The van der Waals surface area contributed by atoms with Crippen molar-refractivity contribution in [1.29, 1.82) is 0 Å². The van der Waals surface area contributed by atoms with Crippen molar-refractivity contribution in [2.45, 2.75) is 53.4 Å². The zero-order valence-electron chi connectivity index (χ0n) is 10.4. The molecule has 0 aliphatic rings. The zero-order valence-corrected chi connectivity index (χ0v) is 10.4. The van der Waals surface area contributed by atoms with Crippen molar-refractivity contribution in [3.63, 3.8) is 0 Å². The Morgan fingerprint density at radius 2 is 2.00 bits per heavy atom. The van der Waals surface area contributed by atoms with Gasteiger partial charge in [-0.3, -0.25) is 0 Å². The van der Waals surface area contributed by atoms with E-state index in [0.29, 0.717) is 0 Å². The number of nitrogens with one attached hydrogen (secondary N) is 1. The normalized spacial score (nSPS) is 12.6. The second-order valence-corrected chi connectivity index (χ2v) is 4.29. The van der Waals surface area contributed by atoms with Gasteiger partial charge in [0.1, 0.15) is 0 Å². The fraction of sp³-hybridized carbons (Fsp3) is 0.846. The number of hydrogen-bond donors (Lipinski definition) is 1. The van der Waals surface area contributed by atoms with E-state index in [1.165, 1.54) is 37.8 Å². The lowest BCUT2D eigenvalue weighted by atomic mass is 9.96. The first-order valence-corrected chi connectivity index (χ1v) is 6.04. The Kier molecular flexibility index (Phi) is 9.06. The van der Waals surface area contributed by atoms with E-state index in [9.17, 15) is 0 Å². The molecule has 1 unspecified atom stereocenters. The summed E-state index contributed by atoms with van der Waals surface area (Å²) in [4.78, 5) is 0. The molecule has 0 aliphatic carbocycles. The van der Waals surface area contributed by atoms with E-state index >= 15 is 0 Å². The van der Waals surface area contributed by atoms with Gasteiger partial charge >= 0.3 is 0 Å². The average molecular weight is 197 g/mol. The van der Waals surface area contributed by atoms with Crippen LogP contribution in [0.25, 0.3) is 0 Å². The highest BCUT2D eigenvalue weighted by Gasteiger charge is 2.03. The summed E-state index contributed by atoms with van der Waals surface area (Å²) in [6.45, 7) is 11.1. The minimum Gasteiger partial charge on any atom is -0.317 e. The van der Waals surface area contributed by atoms with Gasteiger partial charge in [-0.1, -0.05) is 31.9 Å². The highest BCUT2D eigenvalue weighted by atomic mass is 14.8. The summed E-state index contributed by atoms with van der Waals surface area (Å²) >= 11 is 0. The average Bonchev–Trinajstić information content (AvgIpc) is 2.16. The third-order valence-electron chi connectivity index (χ3n) is 2.65. The molecule has 0 aromatic rings. The van der Waals surface area contributed by atoms with E-state index < -0.39 is 0 Å². The first-order valence-electron chi connectivity index (χ1n) is 6.04. The van der Waals surface area contributed by atoms with Crippen LogP contribution in [0.4, 0.5) is 0 Å². The van der Waals surface area contributed by atoms with Crippen LogP contribution in [0.2, 0.25) is 0 Å². The van der Waals surface area contributed by atoms with Gasteiger partial charge in [-0.2, -0.15) is 0 Å². The van der Waals surface area contributed by atoms with Gasteiger partial charge in [0, 0.05) is 0 Å². The second-order valence-electron chi connectivity index (χ2n) is 4.29. The maximum atomic E-state index is 3.38. The molecule has 1 atom stereocenters. The standard InChI is InChI=1S/C13H27N/c1-5-13(10-9-12(3)4)8-7-11-14-6-2/h9,13-14H,5-8,10-11H2,1-4H3. The fourth-order valence-electron chi connectivity index (χ4n) is 1.58. The molecule has 0 rings (SSSR count). The van der Waals surface area contributed by atoms with Crippen LogP contribution in [0.3, 0.4) is 0 Å². The molecule has 1 heteroatoms. The first kappa shape index (κ1) is 13.7. The van der Waals surface area contributed by atoms with Crippen LogP contribution in [0.5, 0.6) is 0 Å². The summed E-state index contributed by atoms with van der Waals surface area (Å²) in [5.74, 6) is 0.892. The van der Waals surface area contributed by atoms with Crippen molar-refractivity contribution in [3.05, 3.63) is 11.6 Å². The van der Waals surface area contributed by atoms with E-state index in [4.69, 9.17) is 0 Å². The second kappa shape index (κ2) is 9.26. The van der Waals surface area contributed by atoms with Crippen LogP contribution in [-0.2, 0) is 0 Å². The molecule has 0 saturated carbocycles. The van der Waals surface area contributed by atoms with Gasteiger partial charge in [0.2, 0.25) is 0 Å². The minimum atomic E-state index is 0.892. The van der Waals surface area contributed by atoms with Crippen molar-refractivity contribution in [1.82, 2.24) is 5.32 Å². The lowest BCUT2D eigenvalue weighted by molar-refractivity contribution is 0.450. The Morgan fingerprint density at radius 1 is 1.29 bits per heavy atom. The molecule has 0 amide bonds. The number of hydrogen-bond acceptors (Lipinski definition) is 1. The van der Waals surface area contributed by atoms with Gasteiger partial charge in [0.15, 0.2) is 0 Å². The Bertz CT molecular complexity index is 145. The van der Waals surface area contributed by atoms with Crippen LogP contribution in [0.15, 0.2) is 11.6 Å². The molecule has 0 aromatic heterocycles. The van der Waals surface area contributed by atoms with Crippen LogP contribution >= 0.6 is 0 Å². The highest BCUT2D eigenvalue weighted by molar-refractivity contribution is 4.93. The Labute approximate surface area is 90.0 Å².